The molecule has 0 radical (unpaired) electrons. The lowest BCUT2D eigenvalue weighted by atomic mass is 9.61. The van der Waals surface area contributed by atoms with Crippen molar-refractivity contribution in [2.75, 3.05) is 10.2 Å². The largest absolute Gasteiger partial charge is 0.355 e. The van der Waals surface area contributed by atoms with E-state index in [1.54, 1.807) is 6.92 Å². The highest BCUT2D eigenvalue weighted by molar-refractivity contribution is 6.12. The van der Waals surface area contributed by atoms with Crippen molar-refractivity contribution in [1.29, 1.82) is 0 Å². The van der Waals surface area contributed by atoms with Gasteiger partial charge in [0.1, 0.15) is 0 Å². The second-order valence-electron chi connectivity index (χ2n) is 23.9. The van der Waals surface area contributed by atoms with Gasteiger partial charge < -0.3 is 19.4 Å². The molecule has 0 aliphatic heterocycles. The van der Waals surface area contributed by atoms with Crippen LogP contribution in [0.15, 0.2) is 334 Å². The van der Waals surface area contributed by atoms with Crippen LogP contribution >= 0.6 is 0 Å². The van der Waals surface area contributed by atoms with Crippen LogP contribution in [-0.4, -0.2) is 9.13 Å². The fourth-order valence-corrected chi connectivity index (χ4v) is 15.1. The molecule has 92 heavy (non-hydrogen) atoms. The molecule has 0 saturated carbocycles. The van der Waals surface area contributed by atoms with E-state index in [1.165, 1.54) is 126 Å². The van der Waals surface area contributed by atoms with Gasteiger partial charge in [0.05, 0.1) is 27.5 Å². The molecule has 17 aromatic rings. The molecule has 2 aliphatic carbocycles. The maximum atomic E-state index is 4.60. The molecule has 19 rings (SSSR count). The van der Waals surface area contributed by atoms with Gasteiger partial charge in [-0.05, 0) is 181 Å². The summed E-state index contributed by atoms with van der Waals surface area (Å²) in [5.74, 6) is 2.25. The summed E-state index contributed by atoms with van der Waals surface area (Å²) >= 11 is 0. The van der Waals surface area contributed by atoms with E-state index in [0.29, 0.717) is 0 Å². The van der Waals surface area contributed by atoms with Crippen LogP contribution in [0, 0.1) is 12.3 Å². The van der Waals surface area contributed by atoms with Crippen LogP contribution in [0.3, 0.4) is 0 Å². The van der Waals surface area contributed by atoms with Gasteiger partial charge >= 0.3 is 0 Å². The molecule has 0 saturated heterocycles. The first-order valence-corrected chi connectivity index (χ1v) is 31.5. The van der Waals surface area contributed by atoms with E-state index in [-0.39, 0.29) is 0 Å². The average molecular weight is 1170 g/mol. The summed E-state index contributed by atoms with van der Waals surface area (Å²) in [7, 11) is 0. The molecule has 0 bridgehead atoms. The van der Waals surface area contributed by atoms with Crippen LogP contribution in [0.2, 0.25) is 0 Å². The number of hydrogen-bond donors (Lipinski definition) is 1. The lowest BCUT2D eigenvalue weighted by Crippen LogP contribution is -2.32. The molecule has 1 atom stereocenters. The fraction of sp³-hybridized carbons (Fsp3) is 0.0227. The molecule has 1 N–H and O–H groups in total. The number of fused-ring (bicyclic) bond motifs is 17. The lowest BCUT2D eigenvalue weighted by molar-refractivity contribution is 0.773. The number of anilines is 5. The van der Waals surface area contributed by atoms with Crippen molar-refractivity contribution in [3.63, 3.8) is 0 Å². The molecule has 1 spiro atoms. The van der Waals surface area contributed by atoms with E-state index in [1.807, 2.05) is 0 Å². The summed E-state index contributed by atoms with van der Waals surface area (Å²) in [6.45, 7) is 1.65. The molecular formula is C88H60N4. The minimum atomic E-state index is -0.509. The van der Waals surface area contributed by atoms with Gasteiger partial charge in [0.25, 0.3) is 0 Å². The van der Waals surface area contributed by atoms with E-state index in [2.05, 4.69) is 365 Å². The maximum Gasteiger partial charge on any atom is 0.0726 e. The Balaban J connectivity index is 0.000000164. The first-order chi connectivity index (χ1) is 45.5. The molecular weight excluding hydrogens is 1110 g/mol. The second-order valence-corrected chi connectivity index (χ2v) is 23.9. The lowest BCUT2D eigenvalue weighted by Gasteiger charge is -2.40. The second kappa shape index (κ2) is 22.2. The molecule has 4 nitrogen and oxygen atoms in total. The molecule has 0 amide bonds. The summed E-state index contributed by atoms with van der Waals surface area (Å²) in [5.41, 5.74) is 22.7. The number of benzene rings is 15. The first kappa shape index (κ1) is 54.0. The van der Waals surface area contributed by atoms with Crippen LogP contribution in [0.5, 0.6) is 0 Å². The third-order valence-corrected chi connectivity index (χ3v) is 18.9. The van der Waals surface area contributed by atoms with Crippen LogP contribution in [0.4, 0.5) is 28.4 Å². The summed E-state index contributed by atoms with van der Waals surface area (Å²) in [4.78, 5) is 2.47. The standard InChI is InChI=1S/C57H36N2.C28H20N2.C3H4/c1-2-18-40(19-3-1)59-54-27-11-8-22-47(54)48-33-31-43(36-55(48)59)58(41-29-28-37-14-4-5-15-39(37)34-41)42-30-32-46-44-20-6-9-24-50(44)57(53(46)35-42)51-25-10-7-21-45(51)49-23-12-16-38-17-13-26-52(57)56(38)49;1-2-10-24(11-3-1)30-27-13-7-6-12-25(27)26-17-16-23(19-28(26)30)29-22-15-14-20-8-4-5-9-21(20)18-22;1-3-2/h1-36H;1-19,29H;1H,2H3. The summed E-state index contributed by atoms with van der Waals surface area (Å²) < 4.78 is 4.76. The van der Waals surface area contributed by atoms with E-state index in [0.717, 1.165) is 34.1 Å². The number of para-hydroxylation sites is 4. The van der Waals surface area contributed by atoms with Crippen molar-refractivity contribution in [3.8, 4) is 46.0 Å². The van der Waals surface area contributed by atoms with Gasteiger partial charge in [-0.2, -0.15) is 0 Å². The Morgan fingerprint density at radius 3 is 1.38 bits per heavy atom. The van der Waals surface area contributed by atoms with Crippen molar-refractivity contribution >= 4 is 104 Å². The molecule has 2 heterocycles. The van der Waals surface area contributed by atoms with Crippen LogP contribution < -0.4 is 10.2 Å². The summed E-state index contributed by atoms with van der Waals surface area (Å²) in [5, 5.41) is 16.2. The third-order valence-electron chi connectivity index (χ3n) is 18.9. The fourth-order valence-electron chi connectivity index (χ4n) is 15.1. The monoisotopic (exact) mass is 1170 g/mol. The predicted molar refractivity (Wildman–Crippen MR) is 389 cm³/mol. The van der Waals surface area contributed by atoms with E-state index in [4.69, 9.17) is 0 Å². The van der Waals surface area contributed by atoms with Crippen molar-refractivity contribution in [2.45, 2.75) is 12.3 Å². The Morgan fingerprint density at radius 1 is 0.304 bits per heavy atom. The Morgan fingerprint density at radius 2 is 0.717 bits per heavy atom. The van der Waals surface area contributed by atoms with Crippen LogP contribution in [0.1, 0.15) is 29.2 Å². The van der Waals surface area contributed by atoms with Crippen molar-refractivity contribution in [1.82, 2.24) is 9.13 Å². The van der Waals surface area contributed by atoms with Crippen LogP contribution in [0.25, 0.3) is 110 Å². The molecule has 432 valence electrons. The third kappa shape index (κ3) is 8.62. The predicted octanol–water partition coefficient (Wildman–Crippen LogP) is 23.2. The van der Waals surface area contributed by atoms with Gasteiger partial charge in [0.15, 0.2) is 0 Å². The summed E-state index contributed by atoms with van der Waals surface area (Å²) in [6.07, 6.45) is 4.60. The number of aromatic nitrogens is 2. The minimum absolute atomic E-state index is 0.509. The topological polar surface area (TPSA) is 25.1 Å². The average Bonchev–Trinajstić information content (AvgIpc) is 1.32. The zero-order valence-electron chi connectivity index (χ0n) is 50.7. The molecule has 1 unspecified atom stereocenters. The Hall–Kier alpha value is -12.2. The highest BCUT2D eigenvalue weighted by Gasteiger charge is 2.50. The molecule has 4 heteroatoms. The normalized spacial score (nSPS) is 13.3. The minimum Gasteiger partial charge on any atom is -0.355 e. The summed E-state index contributed by atoms with van der Waals surface area (Å²) in [6, 6.07) is 122. The van der Waals surface area contributed by atoms with Crippen LogP contribution in [-0.2, 0) is 5.41 Å². The number of rotatable bonds is 7. The zero-order valence-corrected chi connectivity index (χ0v) is 50.7. The smallest absolute Gasteiger partial charge is 0.0726 e. The molecule has 0 fully saturated rings. The van der Waals surface area contributed by atoms with Gasteiger partial charge in [0, 0.05) is 61.4 Å². The Kier molecular flexibility index (Phi) is 13.0. The number of nitrogens with zero attached hydrogens (tertiary/aromatic N) is 3. The van der Waals surface area contributed by atoms with Crippen molar-refractivity contribution < 1.29 is 0 Å². The van der Waals surface area contributed by atoms with E-state index >= 15 is 0 Å². The van der Waals surface area contributed by atoms with Gasteiger partial charge in [-0.1, -0.05) is 237 Å². The molecule has 15 aromatic carbocycles. The quantitative estimate of drug-likeness (QED) is 0.161. The van der Waals surface area contributed by atoms with E-state index in [9.17, 15) is 0 Å². The van der Waals surface area contributed by atoms with Gasteiger partial charge in [-0.3, -0.25) is 0 Å². The van der Waals surface area contributed by atoms with Gasteiger partial charge in [-0.25, -0.2) is 0 Å². The Labute approximate surface area is 534 Å². The Bertz CT molecular complexity index is 5780. The van der Waals surface area contributed by atoms with E-state index < -0.39 is 5.41 Å². The zero-order chi connectivity index (χ0) is 61.3. The van der Waals surface area contributed by atoms with Gasteiger partial charge in [-0.15, -0.1) is 12.3 Å². The SMILES string of the molecule is C#CC.c1ccc(-n2c3ccccc3c3ccc(N(c4ccc5c(c4)C4(c6ccccc6-5)c5ccccc5-c5cccc6cccc4c56)c4ccc5ccccc5c4)cc32)cc1.c1ccc(-n2c3ccccc3c3ccc(Nc4ccc5ccccc5c4)cc32)cc1. The molecule has 2 aromatic heterocycles. The highest BCUT2D eigenvalue weighted by Crippen LogP contribution is 2.62. The number of terminal acetylenes is 1. The van der Waals surface area contributed by atoms with Crippen molar-refractivity contribution in [3.05, 3.63) is 356 Å². The number of hydrogen-bond acceptors (Lipinski definition) is 2. The van der Waals surface area contributed by atoms with Gasteiger partial charge in [0.2, 0.25) is 0 Å². The maximum absolute atomic E-state index is 4.60. The first-order valence-electron chi connectivity index (χ1n) is 31.5. The number of nitrogens with one attached hydrogen (secondary N) is 1. The highest BCUT2D eigenvalue weighted by atomic mass is 15.1. The molecule has 2 aliphatic rings. The van der Waals surface area contributed by atoms with Crippen molar-refractivity contribution in [2.24, 2.45) is 0 Å².